The lowest BCUT2D eigenvalue weighted by Gasteiger charge is -2.27. The number of hydrogen-bond donors (Lipinski definition) is 3. The van der Waals surface area contributed by atoms with Crippen molar-refractivity contribution >= 4 is 40.9 Å². The fourth-order valence-corrected chi connectivity index (χ4v) is 5.74. The first kappa shape index (κ1) is 29.4. The Labute approximate surface area is 239 Å². The number of primary amides is 2. The largest absolute Gasteiger partial charge is 0.491 e. The van der Waals surface area contributed by atoms with E-state index in [-0.39, 0.29) is 30.7 Å². The van der Waals surface area contributed by atoms with Crippen LogP contribution in [0, 0.1) is 0 Å². The number of rotatable bonds is 14. The highest BCUT2D eigenvalue weighted by Gasteiger charge is 2.41. The Morgan fingerprint density at radius 2 is 1.80 bits per heavy atom. The minimum absolute atomic E-state index is 0.0464. The van der Waals surface area contributed by atoms with E-state index in [1.54, 1.807) is 11.0 Å². The predicted molar refractivity (Wildman–Crippen MR) is 153 cm³/mol. The molecule has 2 atom stereocenters. The van der Waals surface area contributed by atoms with Crippen LogP contribution in [-0.2, 0) is 38.4 Å². The summed E-state index contributed by atoms with van der Waals surface area (Å²) in [6.07, 6.45) is 6.43. The predicted octanol–water partition coefficient (Wildman–Crippen LogP) is 3.35. The van der Waals surface area contributed by atoms with Gasteiger partial charge in [0.05, 0.1) is 11.7 Å². The van der Waals surface area contributed by atoms with Gasteiger partial charge in [-0.25, -0.2) is 0 Å². The molecule has 0 bridgehead atoms. The lowest BCUT2D eigenvalue weighted by Crippen LogP contribution is -2.51. The van der Waals surface area contributed by atoms with E-state index in [2.05, 4.69) is 5.32 Å². The second-order valence-corrected chi connectivity index (χ2v) is 11.0. The number of nitrogens with zero attached hydrogens (tertiary/aromatic N) is 1. The van der Waals surface area contributed by atoms with Crippen LogP contribution in [0.4, 0.5) is 5.69 Å². The van der Waals surface area contributed by atoms with Crippen molar-refractivity contribution in [1.82, 2.24) is 5.32 Å². The molecule has 214 valence electrons. The van der Waals surface area contributed by atoms with Gasteiger partial charge in [-0.05, 0) is 73.4 Å². The van der Waals surface area contributed by atoms with E-state index in [9.17, 15) is 19.2 Å². The molecule has 0 radical (unpaired) electrons. The van der Waals surface area contributed by atoms with Crippen LogP contribution in [0.5, 0.6) is 5.75 Å². The van der Waals surface area contributed by atoms with E-state index in [0.29, 0.717) is 36.5 Å². The molecule has 2 aliphatic rings. The zero-order valence-electron chi connectivity index (χ0n) is 22.6. The highest BCUT2D eigenvalue weighted by Crippen LogP contribution is 2.39. The number of nitrogens with one attached hydrogen (secondary N) is 1. The first-order chi connectivity index (χ1) is 19.2. The van der Waals surface area contributed by atoms with Gasteiger partial charge in [-0.3, -0.25) is 24.1 Å². The highest BCUT2D eigenvalue weighted by atomic mass is 35.5. The smallest absolute Gasteiger partial charge is 0.243 e. The number of para-hydroxylation sites is 1. The van der Waals surface area contributed by atoms with Crippen molar-refractivity contribution < 1.29 is 23.9 Å². The number of anilines is 1. The molecule has 2 aromatic carbocycles. The Bertz CT molecular complexity index is 1270. The third kappa shape index (κ3) is 7.75. The van der Waals surface area contributed by atoms with Gasteiger partial charge in [0.1, 0.15) is 18.4 Å². The molecule has 0 saturated carbocycles. The molecule has 2 aliphatic heterocycles. The molecule has 5 N–H and O–H groups in total. The first-order valence-corrected chi connectivity index (χ1v) is 14.3. The van der Waals surface area contributed by atoms with Crippen molar-refractivity contribution in [2.45, 2.75) is 82.7 Å². The van der Waals surface area contributed by atoms with Crippen LogP contribution in [-0.4, -0.2) is 42.3 Å². The normalized spacial score (nSPS) is 16.7. The van der Waals surface area contributed by atoms with Crippen molar-refractivity contribution in [3.05, 3.63) is 58.1 Å². The summed E-state index contributed by atoms with van der Waals surface area (Å²) in [6, 6.07) is 10.3. The van der Waals surface area contributed by atoms with E-state index >= 15 is 0 Å². The molecule has 0 saturated heterocycles. The van der Waals surface area contributed by atoms with Gasteiger partial charge in [-0.1, -0.05) is 36.2 Å². The third-order valence-electron chi connectivity index (χ3n) is 7.43. The molecule has 0 spiro atoms. The molecule has 4 rings (SSSR count). The van der Waals surface area contributed by atoms with Gasteiger partial charge in [0.2, 0.25) is 23.6 Å². The summed E-state index contributed by atoms with van der Waals surface area (Å²) < 4.78 is 6.04. The van der Waals surface area contributed by atoms with E-state index in [4.69, 9.17) is 27.8 Å². The van der Waals surface area contributed by atoms with Crippen molar-refractivity contribution in [2.24, 2.45) is 11.5 Å². The Morgan fingerprint density at radius 3 is 2.58 bits per heavy atom. The molecule has 10 heteroatoms. The molecular weight excluding hydrogens is 532 g/mol. The minimum atomic E-state index is -0.648. The standard InChI is InChI=1S/C30H37ClN4O5/c31-22-14-19(6-2-1-3-10-26(32)36)15-24(17-22)40-18-23(12-13-27(33)37)34-30(39)25-16-21-9-4-7-20-8-5-11-28(38)35(25)29(20)21/h4,7,9,14-15,17,23,25H,1-3,5-6,8,10-13,16,18H2,(H2,32,36)(H2,33,37)(H,34,39)/t23-,25-/m0/s1. The van der Waals surface area contributed by atoms with E-state index < -0.39 is 18.0 Å². The van der Waals surface area contributed by atoms with Gasteiger partial charge in [-0.15, -0.1) is 0 Å². The molecule has 40 heavy (non-hydrogen) atoms. The summed E-state index contributed by atoms with van der Waals surface area (Å²) in [7, 11) is 0. The summed E-state index contributed by atoms with van der Waals surface area (Å²) in [6.45, 7) is 0.107. The topological polar surface area (TPSA) is 145 Å². The van der Waals surface area contributed by atoms with Gasteiger partial charge >= 0.3 is 0 Å². The summed E-state index contributed by atoms with van der Waals surface area (Å²) in [5, 5.41) is 3.55. The van der Waals surface area contributed by atoms with Crippen molar-refractivity contribution in [3.63, 3.8) is 0 Å². The number of amides is 4. The van der Waals surface area contributed by atoms with Crippen LogP contribution in [0.1, 0.15) is 68.1 Å². The van der Waals surface area contributed by atoms with E-state index in [0.717, 1.165) is 60.9 Å². The van der Waals surface area contributed by atoms with Crippen molar-refractivity contribution in [3.8, 4) is 5.75 Å². The quantitative estimate of drug-likeness (QED) is 0.299. The second kappa shape index (κ2) is 13.7. The zero-order valence-corrected chi connectivity index (χ0v) is 23.4. The summed E-state index contributed by atoms with van der Waals surface area (Å²) in [5.41, 5.74) is 14.6. The van der Waals surface area contributed by atoms with Crippen LogP contribution >= 0.6 is 11.6 Å². The molecule has 2 heterocycles. The molecule has 2 aromatic rings. The fourth-order valence-electron chi connectivity index (χ4n) is 5.50. The van der Waals surface area contributed by atoms with Crippen LogP contribution in [0.25, 0.3) is 0 Å². The van der Waals surface area contributed by atoms with Gasteiger partial charge in [-0.2, -0.15) is 0 Å². The minimum Gasteiger partial charge on any atom is -0.491 e. The molecule has 0 unspecified atom stereocenters. The molecule has 9 nitrogen and oxygen atoms in total. The summed E-state index contributed by atoms with van der Waals surface area (Å²) in [5.74, 6) is -0.537. The Kier molecular flexibility index (Phi) is 10.0. The number of nitrogens with two attached hydrogens (primary N) is 2. The maximum absolute atomic E-state index is 13.5. The number of carbonyl (C=O) groups is 4. The second-order valence-electron chi connectivity index (χ2n) is 10.6. The molecule has 0 fully saturated rings. The van der Waals surface area contributed by atoms with Crippen LogP contribution in [0.15, 0.2) is 36.4 Å². The van der Waals surface area contributed by atoms with Crippen LogP contribution in [0.3, 0.4) is 0 Å². The number of hydrogen-bond acceptors (Lipinski definition) is 5. The van der Waals surface area contributed by atoms with Gasteiger partial charge in [0, 0.05) is 30.7 Å². The number of ether oxygens (including phenoxy) is 1. The van der Waals surface area contributed by atoms with Crippen molar-refractivity contribution in [1.29, 1.82) is 0 Å². The number of carbonyl (C=O) groups excluding carboxylic acids is 4. The third-order valence-corrected chi connectivity index (χ3v) is 7.65. The van der Waals surface area contributed by atoms with Crippen molar-refractivity contribution in [2.75, 3.05) is 11.5 Å². The number of halogens is 1. The number of aryl methyl sites for hydroxylation is 2. The molecule has 0 aromatic heterocycles. The van der Waals surface area contributed by atoms with Gasteiger partial charge < -0.3 is 21.5 Å². The molecular formula is C30H37ClN4O5. The molecule has 0 aliphatic carbocycles. The van der Waals surface area contributed by atoms with E-state index in [1.165, 1.54) is 0 Å². The highest BCUT2D eigenvalue weighted by molar-refractivity contribution is 6.30. The lowest BCUT2D eigenvalue weighted by atomic mass is 10.0. The fraction of sp³-hybridized carbons (Fsp3) is 0.467. The van der Waals surface area contributed by atoms with E-state index in [1.807, 2.05) is 30.3 Å². The van der Waals surface area contributed by atoms with Crippen LogP contribution in [0.2, 0.25) is 5.02 Å². The average Bonchev–Trinajstić information content (AvgIpc) is 3.21. The maximum Gasteiger partial charge on any atom is 0.243 e. The lowest BCUT2D eigenvalue weighted by molar-refractivity contribution is -0.127. The van der Waals surface area contributed by atoms with Crippen LogP contribution < -0.4 is 26.4 Å². The first-order valence-electron chi connectivity index (χ1n) is 13.9. The van der Waals surface area contributed by atoms with Gasteiger partial charge in [0.25, 0.3) is 0 Å². The Balaban J connectivity index is 1.40. The molecule has 4 amide bonds. The number of unbranched alkanes of at least 4 members (excludes halogenated alkanes) is 2. The Morgan fingerprint density at radius 1 is 1.02 bits per heavy atom. The summed E-state index contributed by atoms with van der Waals surface area (Å²) >= 11 is 6.33. The summed E-state index contributed by atoms with van der Waals surface area (Å²) in [4.78, 5) is 50.7. The monoisotopic (exact) mass is 568 g/mol. The van der Waals surface area contributed by atoms with Gasteiger partial charge in [0.15, 0.2) is 0 Å². The average molecular weight is 569 g/mol. The maximum atomic E-state index is 13.5. The zero-order chi connectivity index (χ0) is 28.6. The Hall–Kier alpha value is -3.59. The SMILES string of the molecule is NC(=O)CCCCCc1cc(Cl)cc(OC[C@H](CCC(N)=O)NC(=O)[C@@H]2Cc3cccc4c3N2C(=O)CCC4)c1. The number of benzene rings is 2.